The molecule has 0 aliphatic carbocycles. The number of fused-ring (bicyclic) bond motifs is 1. The van der Waals surface area contributed by atoms with Crippen molar-refractivity contribution in [3.63, 3.8) is 0 Å². The van der Waals surface area contributed by atoms with Crippen molar-refractivity contribution in [2.75, 3.05) is 26.2 Å². The number of benzene rings is 2. The summed E-state index contributed by atoms with van der Waals surface area (Å²) in [4.78, 5) is 0. The molecule has 120 valence electrons. The minimum absolute atomic E-state index is 0. The van der Waals surface area contributed by atoms with Crippen molar-refractivity contribution >= 4 is 10.8 Å². The lowest BCUT2D eigenvalue weighted by Crippen LogP contribution is -3.00. The maximum absolute atomic E-state index is 3.94. The summed E-state index contributed by atoms with van der Waals surface area (Å²) < 4.78 is 1.10. The van der Waals surface area contributed by atoms with Crippen LogP contribution in [0.4, 0.5) is 0 Å². The van der Waals surface area contributed by atoms with Gasteiger partial charge in [0.15, 0.2) is 0 Å². The van der Waals surface area contributed by atoms with Gasteiger partial charge in [-0.25, -0.2) is 0 Å². The topological polar surface area (TPSA) is 0 Å². The van der Waals surface area contributed by atoms with E-state index in [9.17, 15) is 0 Å². The van der Waals surface area contributed by atoms with Gasteiger partial charge in [-0.3, -0.25) is 0 Å². The second kappa shape index (κ2) is 8.34. The van der Waals surface area contributed by atoms with Gasteiger partial charge in [0, 0.05) is 5.56 Å². The fourth-order valence-corrected chi connectivity index (χ4v) is 3.50. The quantitative estimate of drug-likeness (QED) is 0.435. The summed E-state index contributed by atoms with van der Waals surface area (Å²) in [7, 11) is 0. The van der Waals surface area contributed by atoms with Gasteiger partial charge in [0.05, 0.1) is 19.6 Å². The number of halogens is 1. The number of rotatable bonds is 3. The van der Waals surface area contributed by atoms with Crippen molar-refractivity contribution in [2.45, 2.75) is 19.3 Å². The van der Waals surface area contributed by atoms with Crippen LogP contribution < -0.4 is 17.0 Å². The standard InChI is InChI=1S/C21H24N.BrH/c1-2-15-22(16-6-3-7-17-22)18-9-13-20-12-8-11-19-10-4-5-14-21(19)20;/h2,4-5,8,10-12,14H,1,3,6-7,15-18H2;1H/q+1;/p-1. The van der Waals surface area contributed by atoms with Gasteiger partial charge in [0.25, 0.3) is 0 Å². The largest absolute Gasteiger partial charge is 1.00 e. The molecule has 1 fully saturated rings. The van der Waals surface area contributed by atoms with Crippen LogP contribution >= 0.6 is 0 Å². The molecule has 0 aromatic heterocycles. The lowest BCUT2D eigenvalue weighted by Gasteiger charge is -2.39. The number of likely N-dealkylation sites (tertiary alicyclic amines) is 1. The van der Waals surface area contributed by atoms with E-state index in [2.05, 4.69) is 67.0 Å². The normalized spacial score (nSPS) is 16.0. The van der Waals surface area contributed by atoms with E-state index in [0.29, 0.717) is 0 Å². The Bertz CT molecular complexity index is 712. The third-order valence-electron chi connectivity index (χ3n) is 4.71. The molecular formula is C21H24BrN. The second-order valence-corrected chi connectivity index (χ2v) is 6.31. The van der Waals surface area contributed by atoms with Gasteiger partial charge in [0.2, 0.25) is 0 Å². The molecule has 1 aliphatic heterocycles. The van der Waals surface area contributed by atoms with Gasteiger partial charge in [-0.1, -0.05) is 48.9 Å². The van der Waals surface area contributed by atoms with Crippen LogP contribution in [-0.4, -0.2) is 30.7 Å². The molecule has 1 saturated heterocycles. The predicted octanol–water partition coefficient (Wildman–Crippen LogP) is 1.38. The number of quaternary nitrogens is 1. The van der Waals surface area contributed by atoms with Crippen molar-refractivity contribution in [3.8, 4) is 11.8 Å². The summed E-state index contributed by atoms with van der Waals surface area (Å²) in [6, 6.07) is 14.9. The summed E-state index contributed by atoms with van der Waals surface area (Å²) in [6.07, 6.45) is 6.08. The molecule has 3 rings (SSSR count). The Morgan fingerprint density at radius 3 is 2.52 bits per heavy atom. The van der Waals surface area contributed by atoms with E-state index < -0.39 is 0 Å². The molecule has 23 heavy (non-hydrogen) atoms. The van der Waals surface area contributed by atoms with Crippen molar-refractivity contribution in [3.05, 3.63) is 60.7 Å². The monoisotopic (exact) mass is 369 g/mol. The van der Waals surface area contributed by atoms with Gasteiger partial charge in [-0.05, 0) is 48.1 Å². The first-order valence-corrected chi connectivity index (χ1v) is 8.26. The Balaban J connectivity index is 0.00000192. The van der Waals surface area contributed by atoms with Crippen molar-refractivity contribution in [2.24, 2.45) is 0 Å². The van der Waals surface area contributed by atoms with E-state index in [0.717, 1.165) is 23.1 Å². The fourth-order valence-electron chi connectivity index (χ4n) is 3.50. The molecule has 0 amide bonds. The lowest BCUT2D eigenvalue weighted by atomic mass is 10.0. The van der Waals surface area contributed by atoms with Crippen LogP contribution in [0.2, 0.25) is 0 Å². The van der Waals surface area contributed by atoms with Gasteiger partial charge >= 0.3 is 0 Å². The van der Waals surface area contributed by atoms with Gasteiger partial charge < -0.3 is 21.5 Å². The molecule has 0 radical (unpaired) electrons. The molecule has 0 spiro atoms. The second-order valence-electron chi connectivity index (χ2n) is 6.31. The molecule has 1 nitrogen and oxygen atoms in total. The molecule has 2 aromatic rings. The molecular weight excluding hydrogens is 346 g/mol. The molecule has 0 bridgehead atoms. The molecule has 0 atom stereocenters. The minimum atomic E-state index is 0. The molecule has 0 unspecified atom stereocenters. The summed E-state index contributed by atoms with van der Waals surface area (Å²) >= 11 is 0. The summed E-state index contributed by atoms with van der Waals surface area (Å²) in [6.45, 7) is 8.42. The van der Waals surface area contributed by atoms with E-state index >= 15 is 0 Å². The summed E-state index contributed by atoms with van der Waals surface area (Å²) in [5.41, 5.74) is 1.15. The first kappa shape index (κ1) is 17.8. The van der Waals surface area contributed by atoms with E-state index in [1.807, 2.05) is 0 Å². The Labute approximate surface area is 150 Å². The van der Waals surface area contributed by atoms with Crippen LogP contribution in [0.25, 0.3) is 10.8 Å². The molecule has 2 aromatic carbocycles. The van der Waals surface area contributed by atoms with Crippen molar-refractivity contribution in [1.82, 2.24) is 0 Å². The average molecular weight is 370 g/mol. The Morgan fingerprint density at radius 2 is 1.74 bits per heavy atom. The van der Waals surface area contributed by atoms with E-state index in [-0.39, 0.29) is 17.0 Å². The zero-order valence-electron chi connectivity index (χ0n) is 13.6. The van der Waals surface area contributed by atoms with Crippen LogP contribution in [0, 0.1) is 11.8 Å². The van der Waals surface area contributed by atoms with Crippen LogP contribution in [0.15, 0.2) is 55.1 Å². The number of hydrogen-bond donors (Lipinski definition) is 0. The SMILES string of the molecule is C=CC[N+]1(CC#Cc2cccc3ccccc23)CCCCC1.[Br-]. The Morgan fingerprint density at radius 1 is 1.00 bits per heavy atom. The predicted molar refractivity (Wildman–Crippen MR) is 94.6 cm³/mol. The van der Waals surface area contributed by atoms with Crippen LogP contribution in [0.1, 0.15) is 24.8 Å². The maximum Gasteiger partial charge on any atom is 0.141 e. The molecule has 2 heteroatoms. The average Bonchev–Trinajstić information content (AvgIpc) is 2.56. The highest BCUT2D eigenvalue weighted by atomic mass is 79.9. The van der Waals surface area contributed by atoms with Gasteiger partial charge in [0.1, 0.15) is 6.54 Å². The number of piperidine rings is 1. The van der Waals surface area contributed by atoms with Gasteiger partial charge in [-0.2, -0.15) is 0 Å². The highest BCUT2D eigenvalue weighted by Gasteiger charge is 2.27. The third kappa shape index (κ3) is 4.25. The van der Waals surface area contributed by atoms with Crippen molar-refractivity contribution < 1.29 is 21.5 Å². The smallest absolute Gasteiger partial charge is 0.141 e. The zero-order valence-corrected chi connectivity index (χ0v) is 15.2. The summed E-state index contributed by atoms with van der Waals surface area (Å²) in [5.74, 6) is 6.88. The molecule has 1 heterocycles. The molecule has 0 saturated carbocycles. The number of hydrogen-bond acceptors (Lipinski definition) is 0. The van der Waals surface area contributed by atoms with Crippen LogP contribution in [-0.2, 0) is 0 Å². The fraction of sp³-hybridized carbons (Fsp3) is 0.333. The van der Waals surface area contributed by atoms with E-state index in [1.165, 1.54) is 43.1 Å². The molecule has 0 N–H and O–H groups in total. The van der Waals surface area contributed by atoms with E-state index in [1.54, 1.807) is 0 Å². The summed E-state index contributed by atoms with van der Waals surface area (Å²) in [5, 5.41) is 2.52. The van der Waals surface area contributed by atoms with E-state index in [4.69, 9.17) is 0 Å². The highest BCUT2D eigenvalue weighted by molar-refractivity contribution is 5.88. The Hall–Kier alpha value is -1.56. The minimum Gasteiger partial charge on any atom is -1.00 e. The lowest BCUT2D eigenvalue weighted by molar-refractivity contribution is -0.920. The Kier molecular flexibility index (Phi) is 6.45. The van der Waals surface area contributed by atoms with Crippen LogP contribution in [0.3, 0.4) is 0 Å². The number of nitrogens with zero attached hydrogens (tertiary/aromatic N) is 1. The maximum atomic E-state index is 3.94. The zero-order chi connectivity index (χ0) is 15.3. The highest BCUT2D eigenvalue weighted by Crippen LogP contribution is 2.19. The molecule has 1 aliphatic rings. The third-order valence-corrected chi connectivity index (χ3v) is 4.71. The first-order chi connectivity index (χ1) is 10.8. The van der Waals surface area contributed by atoms with Crippen molar-refractivity contribution in [1.29, 1.82) is 0 Å². The first-order valence-electron chi connectivity index (χ1n) is 8.26. The van der Waals surface area contributed by atoms with Crippen LogP contribution in [0.5, 0.6) is 0 Å². The van der Waals surface area contributed by atoms with Gasteiger partial charge in [-0.15, -0.1) is 0 Å².